The van der Waals surface area contributed by atoms with Crippen molar-refractivity contribution in [2.45, 2.75) is 51.1 Å². The number of hydrogen-bond acceptors (Lipinski definition) is 3. The summed E-state index contributed by atoms with van der Waals surface area (Å²) in [7, 11) is 0. The van der Waals surface area contributed by atoms with Crippen LogP contribution in [0.4, 0.5) is 0 Å². The Morgan fingerprint density at radius 3 is 3.10 bits per heavy atom. The fourth-order valence-electron chi connectivity index (χ4n) is 3.28. The van der Waals surface area contributed by atoms with Gasteiger partial charge < -0.3 is 5.73 Å². The van der Waals surface area contributed by atoms with Crippen LogP contribution in [0.15, 0.2) is 30.5 Å². The molecule has 0 aliphatic heterocycles. The van der Waals surface area contributed by atoms with Crippen molar-refractivity contribution >= 4 is 0 Å². The van der Waals surface area contributed by atoms with Gasteiger partial charge in [-0.1, -0.05) is 36.4 Å². The number of rotatable bonds is 4. The van der Waals surface area contributed by atoms with Crippen molar-refractivity contribution in [1.29, 1.82) is 0 Å². The van der Waals surface area contributed by atoms with Crippen LogP contribution in [-0.2, 0) is 13.0 Å². The predicted octanol–water partition coefficient (Wildman–Crippen LogP) is 2.81. The Morgan fingerprint density at radius 2 is 2.25 bits per heavy atom. The van der Waals surface area contributed by atoms with Crippen molar-refractivity contribution in [2.75, 3.05) is 0 Å². The molecule has 0 saturated carbocycles. The zero-order valence-electron chi connectivity index (χ0n) is 12.0. The molecule has 106 valence electrons. The van der Waals surface area contributed by atoms with Crippen molar-refractivity contribution in [3.8, 4) is 0 Å². The number of aromatic nitrogens is 3. The Hall–Kier alpha value is -1.68. The lowest BCUT2D eigenvalue weighted by Gasteiger charge is -2.30. The van der Waals surface area contributed by atoms with E-state index in [-0.39, 0.29) is 6.04 Å². The van der Waals surface area contributed by atoms with Crippen LogP contribution in [0.1, 0.15) is 55.0 Å². The first-order valence-corrected chi connectivity index (χ1v) is 7.53. The normalized spacial score (nSPS) is 19.6. The summed E-state index contributed by atoms with van der Waals surface area (Å²) >= 11 is 0. The third kappa shape index (κ3) is 2.36. The molecular weight excluding hydrogens is 248 g/mol. The predicted molar refractivity (Wildman–Crippen MR) is 79.4 cm³/mol. The summed E-state index contributed by atoms with van der Waals surface area (Å²) < 4.78 is 1.96. The van der Waals surface area contributed by atoms with Gasteiger partial charge in [-0.2, -0.15) is 0 Å². The minimum atomic E-state index is -0.0157. The van der Waals surface area contributed by atoms with Crippen LogP contribution in [0.5, 0.6) is 0 Å². The Labute approximate surface area is 120 Å². The van der Waals surface area contributed by atoms with Crippen LogP contribution in [0.3, 0.4) is 0 Å². The maximum absolute atomic E-state index is 6.56. The molecule has 1 aromatic carbocycles. The van der Waals surface area contributed by atoms with Crippen molar-refractivity contribution in [2.24, 2.45) is 5.73 Å². The molecule has 4 heteroatoms. The highest BCUT2D eigenvalue weighted by molar-refractivity contribution is 5.34. The molecule has 2 unspecified atom stereocenters. The Balaban J connectivity index is 1.91. The molecule has 0 amide bonds. The van der Waals surface area contributed by atoms with E-state index in [0.717, 1.165) is 25.1 Å². The largest absolute Gasteiger partial charge is 0.322 e. The minimum absolute atomic E-state index is 0.0157. The smallest absolute Gasteiger partial charge is 0.0760 e. The first kappa shape index (κ1) is 13.3. The van der Waals surface area contributed by atoms with Gasteiger partial charge in [0, 0.05) is 12.5 Å². The van der Waals surface area contributed by atoms with E-state index >= 15 is 0 Å². The maximum Gasteiger partial charge on any atom is 0.0760 e. The lowest BCUT2D eigenvalue weighted by molar-refractivity contribution is 0.438. The number of fused-ring (bicyclic) bond motifs is 1. The summed E-state index contributed by atoms with van der Waals surface area (Å²) in [6.07, 6.45) is 6.41. The quantitative estimate of drug-likeness (QED) is 0.929. The molecule has 0 radical (unpaired) electrons. The highest BCUT2D eigenvalue weighted by atomic mass is 15.4. The van der Waals surface area contributed by atoms with E-state index in [2.05, 4.69) is 41.5 Å². The van der Waals surface area contributed by atoms with Crippen LogP contribution in [-0.4, -0.2) is 15.0 Å². The maximum atomic E-state index is 6.56. The van der Waals surface area contributed by atoms with Gasteiger partial charge in [0.05, 0.1) is 17.9 Å². The van der Waals surface area contributed by atoms with E-state index in [9.17, 15) is 0 Å². The highest BCUT2D eigenvalue weighted by Gasteiger charge is 2.28. The van der Waals surface area contributed by atoms with Gasteiger partial charge in [0.15, 0.2) is 0 Å². The number of nitrogens with two attached hydrogens (primary N) is 1. The molecule has 2 atom stereocenters. The van der Waals surface area contributed by atoms with Crippen molar-refractivity contribution in [1.82, 2.24) is 15.0 Å². The molecule has 2 aromatic rings. The Morgan fingerprint density at radius 1 is 1.40 bits per heavy atom. The molecule has 0 saturated heterocycles. The lowest BCUT2D eigenvalue weighted by atomic mass is 9.78. The van der Waals surface area contributed by atoms with E-state index < -0.39 is 0 Å². The first-order chi connectivity index (χ1) is 9.81. The zero-order valence-corrected chi connectivity index (χ0v) is 12.0. The number of hydrogen-bond donors (Lipinski definition) is 1. The number of aryl methyl sites for hydroxylation is 2. The van der Waals surface area contributed by atoms with Gasteiger partial charge in [-0.25, -0.2) is 4.68 Å². The van der Waals surface area contributed by atoms with Gasteiger partial charge in [-0.15, -0.1) is 5.10 Å². The molecule has 0 fully saturated rings. The Bertz CT molecular complexity index is 575. The van der Waals surface area contributed by atoms with E-state index in [0.29, 0.717) is 5.92 Å². The summed E-state index contributed by atoms with van der Waals surface area (Å²) in [5.41, 5.74) is 10.5. The van der Waals surface area contributed by atoms with Gasteiger partial charge in [0.25, 0.3) is 0 Å². The minimum Gasteiger partial charge on any atom is -0.322 e. The number of nitrogens with zero attached hydrogens (tertiary/aromatic N) is 3. The topological polar surface area (TPSA) is 56.7 Å². The Kier molecular flexibility index (Phi) is 3.83. The molecule has 2 N–H and O–H groups in total. The summed E-state index contributed by atoms with van der Waals surface area (Å²) in [4.78, 5) is 0. The molecule has 3 rings (SSSR count). The third-order valence-corrected chi connectivity index (χ3v) is 4.27. The van der Waals surface area contributed by atoms with Crippen molar-refractivity contribution in [3.63, 3.8) is 0 Å². The number of benzene rings is 1. The fourth-order valence-corrected chi connectivity index (χ4v) is 3.28. The van der Waals surface area contributed by atoms with Crippen molar-refractivity contribution in [3.05, 3.63) is 47.3 Å². The first-order valence-electron chi connectivity index (χ1n) is 7.53. The molecule has 20 heavy (non-hydrogen) atoms. The van der Waals surface area contributed by atoms with Crippen LogP contribution >= 0.6 is 0 Å². The standard InChI is InChI=1S/C16H22N4/c1-2-10-20-15(11-18-19-20)16(17)14-9-5-7-12-6-3-4-8-13(12)14/h3-4,6,8,11,14,16H,2,5,7,9-10,17H2,1H3. The second-order valence-corrected chi connectivity index (χ2v) is 5.61. The molecule has 1 aliphatic rings. The summed E-state index contributed by atoms with van der Waals surface area (Å²) in [5, 5.41) is 8.21. The highest BCUT2D eigenvalue weighted by Crippen LogP contribution is 2.38. The second kappa shape index (κ2) is 5.75. The summed E-state index contributed by atoms with van der Waals surface area (Å²) in [5.74, 6) is 0.383. The molecule has 0 bridgehead atoms. The second-order valence-electron chi connectivity index (χ2n) is 5.61. The average molecular weight is 270 g/mol. The van der Waals surface area contributed by atoms with Crippen LogP contribution in [0.2, 0.25) is 0 Å². The molecular formula is C16H22N4. The van der Waals surface area contributed by atoms with Gasteiger partial charge >= 0.3 is 0 Å². The SMILES string of the molecule is CCCn1nncc1C(N)C1CCCc2ccccc21. The molecule has 1 aromatic heterocycles. The molecule has 1 heterocycles. The lowest BCUT2D eigenvalue weighted by Crippen LogP contribution is -2.26. The van der Waals surface area contributed by atoms with Gasteiger partial charge in [-0.05, 0) is 36.8 Å². The molecule has 1 aliphatic carbocycles. The van der Waals surface area contributed by atoms with Crippen LogP contribution < -0.4 is 5.73 Å². The van der Waals surface area contributed by atoms with Crippen LogP contribution in [0, 0.1) is 0 Å². The van der Waals surface area contributed by atoms with E-state index in [1.807, 2.05) is 10.9 Å². The summed E-state index contributed by atoms with van der Waals surface area (Å²) in [6, 6.07) is 8.68. The van der Waals surface area contributed by atoms with E-state index in [1.54, 1.807) is 0 Å². The van der Waals surface area contributed by atoms with E-state index in [1.165, 1.54) is 24.0 Å². The van der Waals surface area contributed by atoms with Crippen LogP contribution in [0.25, 0.3) is 0 Å². The van der Waals surface area contributed by atoms with Gasteiger partial charge in [0.1, 0.15) is 0 Å². The average Bonchev–Trinajstić information content (AvgIpc) is 2.94. The molecule has 4 nitrogen and oxygen atoms in total. The fraction of sp³-hybridized carbons (Fsp3) is 0.500. The van der Waals surface area contributed by atoms with Gasteiger partial charge in [0.2, 0.25) is 0 Å². The zero-order chi connectivity index (χ0) is 13.9. The molecule has 0 spiro atoms. The summed E-state index contributed by atoms with van der Waals surface area (Å²) in [6.45, 7) is 3.03. The third-order valence-electron chi connectivity index (χ3n) is 4.27. The monoisotopic (exact) mass is 270 g/mol. The van der Waals surface area contributed by atoms with Gasteiger partial charge in [-0.3, -0.25) is 0 Å². The van der Waals surface area contributed by atoms with Crippen molar-refractivity contribution < 1.29 is 0 Å². The van der Waals surface area contributed by atoms with E-state index in [4.69, 9.17) is 5.73 Å².